The molecule has 2 rings (SSSR count). The summed E-state index contributed by atoms with van der Waals surface area (Å²) in [7, 11) is 0. The van der Waals surface area contributed by atoms with Crippen LogP contribution in [0.1, 0.15) is 36.5 Å². The molecule has 0 saturated heterocycles. The van der Waals surface area contributed by atoms with E-state index in [0.717, 1.165) is 17.0 Å². The Morgan fingerprint density at radius 2 is 1.75 bits per heavy atom. The number of nitrogens with zero attached hydrogens (tertiary/aromatic N) is 3. The van der Waals surface area contributed by atoms with Gasteiger partial charge in [0.2, 0.25) is 0 Å². The average molecular weight is 265 g/mol. The predicted molar refractivity (Wildman–Crippen MR) is 80.3 cm³/mol. The molecule has 0 saturated carbocycles. The molecular formula is C17H19N3. The van der Waals surface area contributed by atoms with E-state index in [2.05, 4.69) is 48.1 Å². The van der Waals surface area contributed by atoms with Crippen LogP contribution in [0.5, 0.6) is 0 Å². The molecule has 0 fully saturated rings. The largest absolute Gasteiger partial charge is 0.236 e. The minimum atomic E-state index is -0.682. The molecule has 1 aromatic carbocycles. The van der Waals surface area contributed by atoms with Gasteiger partial charge in [-0.05, 0) is 52.3 Å². The molecule has 1 heterocycles. The van der Waals surface area contributed by atoms with Crippen molar-refractivity contribution >= 4 is 0 Å². The summed E-state index contributed by atoms with van der Waals surface area (Å²) in [6, 6.07) is 10.5. The van der Waals surface area contributed by atoms with Gasteiger partial charge in [0.25, 0.3) is 0 Å². The molecule has 102 valence electrons. The third-order valence-electron chi connectivity index (χ3n) is 3.36. The van der Waals surface area contributed by atoms with Gasteiger partial charge in [0, 0.05) is 11.3 Å². The maximum absolute atomic E-state index is 9.27. The Balaban J connectivity index is 2.65. The molecule has 20 heavy (non-hydrogen) atoms. The Morgan fingerprint density at radius 1 is 1.05 bits per heavy atom. The minimum absolute atomic E-state index is 0.580. The fraction of sp³-hybridized carbons (Fsp3) is 0.353. The van der Waals surface area contributed by atoms with E-state index in [4.69, 9.17) is 0 Å². The minimum Gasteiger partial charge on any atom is -0.236 e. The van der Waals surface area contributed by atoms with Crippen molar-refractivity contribution in [3.63, 3.8) is 0 Å². The second kappa shape index (κ2) is 5.05. The predicted octanol–water partition coefficient (Wildman–Crippen LogP) is 3.87. The summed E-state index contributed by atoms with van der Waals surface area (Å²) in [5.41, 5.74) is 4.56. The maximum Gasteiger partial charge on any atom is 0.148 e. The zero-order chi connectivity index (χ0) is 14.9. The van der Waals surface area contributed by atoms with Gasteiger partial charge in [0.15, 0.2) is 0 Å². The van der Waals surface area contributed by atoms with Gasteiger partial charge in [-0.25, -0.2) is 9.97 Å². The zero-order valence-corrected chi connectivity index (χ0v) is 12.7. The fourth-order valence-electron chi connectivity index (χ4n) is 2.05. The number of rotatable bonds is 2. The van der Waals surface area contributed by atoms with Gasteiger partial charge in [-0.1, -0.05) is 17.7 Å². The Morgan fingerprint density at radius 3 is 2.40 bits per heavy atom. The number of benzene rings is 1. The lowest BCUT2D eigenvalue weighted by Crippen LogP contribution is -2.19. The molecule has 0 bridgehead atoms. The van der Waals surface area contributed by atoms with Crippen LogP contribution in [0.15, 0.2) is 24.3 Å². The van der Waals surface area contributed by atoms with E-state index in [0.29, 0.717) is 5.82 Å². The first-order valence-corrected chi connectivity index (χ1v) is 6.68. The van der Waals surface area contributed by atoms with Gasteiger partial charge in [0.05, 0.1) is 11.8 Å². The van der Waals surface area contributed by atoms with Gasteiger partial charge in [0.1, 0.15) is 11.2 Å². The lowest BCUT2D eigenvalue weighted by Gasteiger charge is -2.16. The number of hydrogen-bond acceptors (Lipinski definition) is 3. The summed E-state index contributed by atoms with van der Waals surface area (Å²) in [5, 5.41) is 9.27. The third-order valence-corrected chi connectivity index (χ3v) is 3.36. The highest BCUT2D eigenvalue weighted by molar-refractivity contribution is 5.64. The number of aryl methyl sites for hydroxylation is 3. The highest BCUT2D eigenvalue weighted by Crippen LogP contribution is 2.26. The third kappa shape index (κ3) is 2.70. The van der Waals surface area contributed by atoms with Crippen LogP contribution in [0, 0.1) is 32.1 Å². The molecule has 0 amide bonds. The zero-order valence-electron chi connectivity index (χ0n) is 12.7. The standard InChI is InChI=1S/C17H19N3/c1-11-6-7-12(2)14(8-11)15-9-13(3)19-16(20-15)17(4,5)10-18/h6-9H,1-5H3. The summed E-state index contributed by atoms with van der Waals surface area (Å²) < 4.78 is 0. The number of nitriles is 1. The van der Waals surface area contributed by atoms with E-state index >= 15 is 0 Å². The van der Waals surface area contributed by atoms with Crippen LogP contribution in [0.4, 0.5) is 0 Å². The van der Waals surface area contributed by atoms with Crippen LogP contribution in [-0.4, -0.2) is 9.97 Å². The first-order chi connectivity index (χ1) is 9.33. The molecule has 0 N–H and O–H groups in total. The maximum atomic E-state index is 9.27. The fourth-order valence-corrected chi connectivity index (χ4v) is 2.05. The van der Waals surface area contributed by atoms with E-state index in [1.54, 1.807) is 0 Å². The quantitative estimate of drug-likeness (QED) is 0.828. The van der Waals surface area contributed by atoms with Crippen LogP contribution < -0.4 is 0 Å². The van der Waals surface area contributed by atoms with Crippen molar-refractivity contribution < 1.29 is 0 Å². The summed E-state index contributed by atoms with van der Waals surface area (Å²) in [6.45, 7) is 9.76. The highest BCUT2D eigenvalue weighted by Gasteiger charge is 2.24. The molecule has 0 atom stereocenters. The van der Waals surface area contributed by atoms with Crippen molar-refractivity contribution in [3.05, 3.63) is 46.9 Å². The molecule has 0 aliphatic rings. The van der Waals surface area contributed by atoms with Crippen LogP contribution >= 0.6 is 0 Å². The molecule has 0 radical (unpaired) electrons. The first kappa shape index (κ1) is 14.2. The van der Waals surface area contributed by atoms with Crippen molar-refractivity contribution in [2.75, 3.05) is 0 Å². The molecular weight excluding hydrogens is 246 g/mol. The molecule has 2 aromatic rings. The Hall–Kier alpha value is -2.21. The molecule has 3 nitrogen and oxygen atoms in total. The Kier molecular flexibility index (Phi) is 3.59. The number of hydrogen-bond donors (Lipinski definition) is 0. The average Bonchev–Trinajstić information content (AvgIpc) is 2.40. The van der Waals surface area contributed by atoms with E-state index in [9.17, 15) is 5.26 Å². The van der Waals surface area contributed by atoms with Crippen LogP contribution in [-0.2, 0) is 5.41 Å². The molecule has 0 aliphatic heterocycles. The van der Waals surface area contributed by atoms with E-state index in [-0.39, 0.29) is 0 Å². The summed E-state index contributed by atoms with van der Waals surface area (Å²) >= 11 is 0. The van der Waals surface area contributed by atoms with Crippen molar-refractivity contribution in [1.82, 2.24) is 9.97 Å². The van der Waals surface area contributed by atoms with Crippen molar-refractivity contribution in [2.45, 2.75) is 40.0 Å². The Labute approximate surface area is 120 Å². The molecule has 1 aromatic heterocycles. The van der Waals surface area contributed by atoms with Gasteiger partial charge in [-0.2, -0.15) is 5.26 Å². The van der Waals surface area contributed by atoms with Gasteiger partial charge in [-0.15, -0.1) is 0 Å². The lowest BCUT2D eigenvalue weighted by molar-refractivity contribution is 0.626. The molecule has 0 aliphatic carbocycles. The van der Waals surface area contributed by atoms with Crippen LogP contribution in [0.2, 0.25) is 0 Å². The van der Waals surface area contributed by atoms with Crippen molar-refractivity contribution in [1.29, 1.82) is 5.26 Å². The molecule has 0 spiro atoms. The van der Waals surface area contributed by atoms with Crippen LogP contribution in [0.3, 0.4) is 0 Å². The SMILES string of the molecule is Cc1ccc(C)c(-c2cc(C)nc(C(C)(C)C#N)n2)c1. The molecule has 3 heteroatoms. The first-order valence-electron chi connectivity index (χ1n) is 6.68. The van der Waals surface area contributed by atoms with Gasteiger partial charge >= 0.3 is 0 Å². The second-order valence-electron chi connectivity index (χ2n) is 5.77. The summed E-state index contributed by atoms with van der Waals surface area (Å²) in [4.78, 5) is 9.04. The lowest BCUT2D eigenvalue weighted by atomic mass is 9.94. The van der Waals surface area contributed by atoms with Gasteiger partial charge in [-0.3, -0.25) is 0 Å². The Bertz CT molecular complexity index is 694. The molecule has 0 unspecified atom stereocenters. The van der Waals surface area contributed by atoms with Crippen molar-refractivity contribution in [2.24, 2.45) is 0 Å². The highest BCUT2D eigenvalue weighted by atomic mass is 14.9. The van der Waals surface area contributed by atoms with E-state index in [1.165, 1.54) is 11.1 Å². The van der Waals surface area contributed by atoms with E-state index in [1.807, 2.05) is 26.8 Å². The monoisotopic (exact) mass is 265 g/mol. The topological polar surface area (TPSA) is 49.6 Å². The number of aromatic nitrogens is 2. The summed E-state index contributed by atoms with van der Waals surface area (Å²) in [5.74, 6) is 0.580. The summed E-state index contributed by atoms with van der Waals surface area (Å²) in [6.07, 6.45) is 0. The van der Waals surface area contributed by atoms with E-state index < -0.39 is 5.41 Å². The van der Waals surface area contributed by atoms with Crippen LogP contribution in [0.25, 0.3) is 11.3 Å². The van der Waals surface area contributed by atoms with Crippen molar-refractivity contribution in [3.8, 4) is 17.3 Å². The van der Waals surface area contributed by atoms with Gasteiger partial charge < -0.3 is 0 Å². The smallest absolute Gasteiger partial charge is 0.148 e. The second-order valence-corrected chi connectivity index (χ2v) is 5.77. The normalized spacial score (nSPS) is 11.2.